The topological polar surface area (TPSA) is 62.2 Å². The fraction of sp³-hybridized carbons (Fsp3) is 0.600. The Hall–Kier alpha value is -1.07. The van der Waals surface area contributed by atoms with Gasteiger partial charge in [-0.05, 0) is 25.0 Å². The summed E-state index contributed by atoms with van der Waals surface area (Å²) in [5.74, 6) is 0.441. The molecule has 0 atom stereocenters. The van der Waals surface area contributed by atoms with Gasteiger partial charge in [-0.2, -0.15) is 0 Å². The molecule has 1 heterocycles. The SMILES string of the molecule is O=C(CSc1ccncc1)NCC1(CO)CCCCC1. The van der Waals surface area contributed by atoms with Gasteiger partial charge in [-0.3, -0.25) is 9.78 Å². The van der Waals surface area contributed by atoms with Gasteiger partial charge in [0.15, 0.2) is 0 Å². The minimum absolute atomic E-state index is 0.0326. The Morgan fingerprint density at radius 1 is 1.30 bits per heavy atom. The van der Waals surface area contributed by atoms with Crippen molar-refractivity contribution in [3.63, 3.8) is 0 Å². The molecule has 2 N–H and O–H groups in total. The Kier molecular flexibility index (Phi) is 5.86. The molecule has 2 rings (SSSR count). The lowest BCUT2D eigenvalue weighted by atomic mass is 9.74. The van der Waals surface area contributed by atoms with E-state index in [-0.39, 0.29) is 17.9 Å². The van der Waals surface area contributed by atoms with E-state index in [1.54, 1.807) is 12.4 Å². The van der Waals surface area contributed by atoms with Gasteiger partial charge >= 0.3 is 0 Å². The first-order chi connectivity index (χ1) is 9.74. The van der Waals surface area contributed by atoms with E-state index in [0.717, 1.165) is 30.6 Å². The van der Waals surface area contributed by atoms with Gasteiger partial charge in [-0.15, -0.1) is 11.8 Å². The molecule has 0 spiro atoms. The number of aliphatic hydroxyl groups excluding tert-OH is 1. The molecule has 1 amide bonds. The maximum atomic E-state index is 11.9. The molecule has 0 unspecified atom stereocenters. The summed E-state index contributed by atoms with van der Waals surface area (Å²) < 4.78 is 0. The van der Waals surface area contributed by atoms with Crippen LogP contribution in [-0.4, -0.2) is 34.9 Å². The Morgan fingerprint density at radius 3 is 2.65 bits per heavy atom. The van der Waals surface area contributed by atoms with Gasteiger partial charge in [-0.25, -0.2) is 0 Å². The molecule has 1 aromatic rings. The first kappa shape index (κ1) is 15.3. The Bertz CT molecular complexity index is 419. The predicted octanol–water partition coefficient (Wildman–Crippen LogP) is 2.23. The average Bonchev–Trinajstić information content (AvgIpc) is 2.53. The van der Waals surface area contributed by atoms with Crippen LogP contribution in [0.5, 0.6) is 0 Å². The highest BCUT2D eigenvalue weighted by molar-refractivity contribution is 8.00. The maximum absolute atomic E-state index is 11.9. The van der Waals surface area contributed by atoms with E-state index in [1.165, 1.54) is 18.2 Å². The zero-order valence-electron chi connectivity index (χ0n) is 11.7. The standard InChI is InChI=1S/C15H22N2O2S/c18-12-15(6-2-1-3-7-15)11-17-14(19)10-20-13-4-8-16-9-5-13/h4-5,8-9,18H,1-3,6-7,10-12H2,(H,17,19). The highest BCUT2D eigenvalue weighted by atomic mass is 32.2. The molecule has 0 aliphatic heterocycles. The molecule has 110 valence electrons. The number of nitrogens with zero attached hydrogens (tertiary/aromatic N) is 1. The summed E-state index contributed by atoms with van der Waals surface area (Å²) in [5.41, 5.74) is -0.0881. The van der Waals surface area contributed by atoms with Crippen LogP contribution >= 0.6 is 11.8 Å². The molecule has 0 radical (unpaired) electrons. The van der Waals surface area contributed by atoms with Crippen molar-refractivity contribution in [1.29, 1.82) is 0 Å². The molecule has 1 saturated carbocycles. The molecule has 1 aromatic heterocycles. The number of hydrogen-bond donors (Lipinski definition) is 2. The van der Waals surface area contributed by atoms with Gasteiger partial charge in [0, 0.05) is 29.2 Å². The minimum Gasteiger partial charge on any atom is -0.396 e. The van der Waals surface area contributed by atoms with Crippen LogP contribution in [0.3, 0.4) is 0 Å². The van der Waals surface area contributed by atoms with Gasteiger partial charge in [0.2, 0.25) is 5.91 Å². The van der Waals surface area contributed by atoms with Crippen molar-refractivity contribution in [1.82, 2.24) is 10.3 Å². The minimum atomic E-state index is -0.0881. The van der Waals surface area contributed by atoms with Gasteiger partial charge in [-0.1, -0.05) is 19.3 Å². The highest BCUT2D eigenvalue weighted by Crippen LogP contribution is 2.35. The number of carbonyl (C=O) groups excluding carboxylic acids is 1. The third-order valence-corrected chi connectivity index (χ3v) is 4.94. The molecule has 0 bridgehead atoms. The van der Waals surface area contributed by atoms with Gasteiger partial charge in [0.05, 0.1) is 12.4 Å². The van der Waals surface area contributed by atoms with Crippen molar-refractivity contribution in [2.75, 3.05) is 18.9 Å². The second kappa shape index (κ2) is 7.64. The molecule has 5 heteroatoms. The Morgan fingerprint density at radius 2 is 2.00 bits per heavy atom. The monoisotopic (exact) mass is 294 g/mol. The lowest BCUT2D eigenvalue weighted by Crippen LogP contribution is -2.42. The Labute approximate surface area is 124 Å². The van der Waals surface area contributed by atoms with E-state index < -0.39 is 0 Å². The summed E-state index contributed by atoms with van der Waals surface area (Å²) in [6.45, 7) is 0.768. The summed E-state index contributed by atoms with van der Waals surface area (Å²) >= 11 is 1.51. The van der Waals surface area contributed by atoms with Gasteiger partial charge < -0.3 is 10.4 Å². The number of amides is 1. The fourth-order valence-electron chi connectivity index (χ4n) is 2.61. The molecule has 1 fully saturated rings. The summed E-state index contributed by atoms with van der Waals surface area (Å²) in [6, 6.07) is 3.79. The van der Waals surface area contributed by atoms with Crippen LogP contribution in [0, 0.1) is 5.41 Å². The fourth-order valence-corrected chi connectivity index (χ4v) is 3.33. The van der Waals surface area contributed by atoms with Crippen LogP contribution in [0.15, 0.2) is 29.4 Å². The summed E-state index contributed by atoms with van der Waals surface area (Å²) in [7, 11) is 0. The van der Waals surface area contributed by atoms with Crippen molar-refractivity contribution in [2.45, 2.75) is 37.0 Å². The summed E-state index contributed by atoms with van der Waals surface area (Å²) in [6.07, 6.45) is 9.03. The lowest BCUT2D eigenvalue weighted by molar-refractivity contribution is -0.119. The molecule has 1 aliphatic rings. The van der Waals surface area contributed by atoms with Gasteiger partial charge in [0.25, 0.3) is 0 Å². The molecule has 0 saturated heterocycles. The number of carbonyl (C=O) groups is 1. The smallest absolute Gasteiger partial charge is 0.230 e. The van der Waals surface area contributed by atoms with E-state index in [2.05, 4.69) is 10.3 Å². The van der Waals surface area contributed by atoms with Crippen LogP contribution in [0.25, 0.3) is 0 Å². The van der Waals surface area contributed by atoms with Crippen molar-refractivity contribution in [2.24, 2.45) is 5.41 Å². The maximum Gasteiger partial charge on any atom is 0.230 e. The largest absolute Gasteiger partial charge is 0.396 e. The molecular formula is C15H22N2O2S. The number of nitrogens with one attached hydrogen (secondary N) is 1. The predicted molar refractivity (Wildman–Crippen MR) is 80.6 cm³/mol. The van der Waals surface area contributed by atoms with Crippen molar-refractivity contribution in [3.05, 3.63) is 24.5 Å². The molecule has 4 nitrogen and oxygen atoms in total. The van der Waals surface area contributed by atoms with Crippen molar-refractivity contribution >= 4 is 17.7 Å². The quantitative estimate of drug-likeness (QED) is 0.790. The molecule has 1 aliphatic carbocycles. The van der Waals surface area contributed by atoms with Crippen LogP contribution in [0.2, 0.25) is 0 Å². The van der Waals surface area contributed by atoms with E-state index in [0.29, 0.717) is 12.3 Å². The van der Waals surface area contributed by atoms with Crippen molar-refractivity contribution < 1.29 is 9.90 Å². The second-order valence-electron chi connectivity index (χ2n) is 5.47. The molecular weight excluding hydrogens is 272 g/mol. The van der Waals surface area contributed by atoms with E-state index >= 15 is 0 Å². The average molecular weight is 294 g/mol. The first-order valence-corrected chi connectivity index (χ1v) is 8.13. The number of rotatable bonds is 6. The van der Waals surface area contributed by atoms with Crippen molar-refractivity contribution in [3.8, 4) is 0 Å². The van der Waals surface area contributed by atoms with Crippen LogP contribution < -0.4 is 5.32 Å². The van der Waals surface area contributed by atoms with Crippen LogP contribution in [0.4, 0.5) is 0 Å². The van der Waals surface area contributed by atoms with Gasteiger partial charge in [0.1, 0.15) is 0 Å². The lowest BCUT2D eigenvalue weighted by Gasteiger charge is -2.35. The third-order valence-electron chi connectivity index (χ3n) is 3.93. The summed E-state index contributed by atoms with van der Waals surface area (Å²) in [4.78, 5) is 16.9. The number of hydrogen-bond acceptors (Lipinski definition) is 4. The zero-order valence-corrected chi connectivity index (χ0v) is 12.5. The zero-order chi connectivity index (χ0) is 14.3. The number of aliphatic hydroxyl groups is 1. The van der Waals surface area contributed by atoms with Crippen LogP contribution in [-0.2, 0) is 4.79 Å². The normalized spacial score (nSPS) is 17.6. The van der Waals surface area contributed by atoms with E-state index in [9.17, 15) is 9.90 Å². The number of aromatic nitrogens is 1. The van der Waals surface area contributed by atoms with E-state index in [1.807, 2.05) is 12.1 Å². The number of pyridine rings is 1. The third kappa shape index (κ3) is 4.49. The number of thioether (sulfide) groups is 1. The molecule has 0 aromatic carbocycles. The molecule has 20 heavy (non-hydrogen) atoms. The van der Waals surface area contributed by atoms with E-state index in [4.69, 9.17) is 0 Å². The second-order valence-corrected chi connectivity index (χ2v) is 6.52. The Balaban J connectivity index is 1.74. The summed E-state index contributed by atoms with van der Waals surface area (Å²) in [5, 5.41) is 12.6. The van der Waals surface area contributed by atoms with Crippen LogP contribution in [0.1, 0.15) is 32.1 Å². The highest BCUT2D eigenvalue weighted by Gasteiger charge is 2.31. The first-order valence-electron chi connectivity index (χ1n) is 7.14.